The average Bonchev–Trinajstić information content (AvgIpc) is 2.18. The van der Waals surface area contributed by atoms with E-state index in [4.69, 9.17) is 4.74 Å². The minimum absolute atomic E-state index is 0.110. The molecule has 1 aromatic rings. The predicted molar refractivity (Wildman–Crippen MR) is 58.8 cm³/mol. The molecule has 1 aromatic heterocycles. The topological polar surface area (TPSA) is 39.2 Å². The third kappa shape index (κ3) is 3.35. The van der Waals surface area contributed by atoms with Crippen molar-refractivity contribution in [2.45, 2.75) is 33.6 Å². The lowest BCUT2D eigenvalue weighted by Gasteiger charge is -2.09. The van der Waals surface area contributed by atoms with Crippen molar-refractivity contribution >= 4 is 5.97 Å². The number of aromatic nitrogens is 1. The Labute approximate surface area is 90.5 Å². The summed E-state index contributed by atoms with van der Waals surface area (Å²) in [5.74, 6) is 0.590. The van der Waals surface area contributed by atoms with Gasteiger partial charge in [-0.15, -0.1) is 0 Å². The van der Waals surface area contributed by atoms with Gasteiger partial charge in [-0.25, -0.2) is 0 Å². The van der Waals surface area contributed by atoms with Crippen LogP contribution in [0.2, 0.25) is 0 Å². The van der Waals surface area contributed by atoms with Crippen molar-refractivity contribution in [1.29, 1.82) is 0 Å². The smallest absolute Gasteiger partial charge is 0.313 e. The number of ether oxygens (including phenoxy) is 1. The van der Waals surface area contributed by atoms with Crippen molar-refractivity contribution in [3.05, 3.63) is 24.0 Å². The van der Waals surface area contributed by atoms with Gasteiger partial charge in [0.1, 0.15) is 5.75 Å². The fourth-order valence-electron chi connectivity index (χ4n) is 1.04. The largest absolute Gasteiger partial charge is 0.426 e. The Morgan fingerprint density at radius 2 is 2.00 bits per heavy atom. The van der Waals surface area contributed by atoms with Gasteiger partial charge in [0, 0.05) is 18.0 Å². The molecule has 0 spiro atoms. The number of nitrogens with zero attached hydrogens (tertiary/aromatic N) is 1. The lowest BCUT2D eigenvalue weighted by atomic mass is 10.1. The van der Waals surface area contributed by atoms with E-state index in [1.165, 1.54) is 0 Å². The van der Waals surface area contributed by atoms with Crippen LogP contribution >= 0.6 is 0 Å². The lowest BCUT2D eigenvalue weighted by molar-refractivity contribution is -0.137. The molecule has 0 radical (unpaired) electrons. The van der Waals surface area contributed by atoms with Crippen LogP contribution in [0.3, 0.4) is 0 Å². The molecule has 1 heterocycles. The van der Waals surface area contributed by atoms with E-state index >= 15 is 0 Å². The second kappa shape index (κ2) is 4.91. The molecule has 0 saturated carbocycles. The molecule has 0 amide bonds. The molecule has 3 heteroatoms. The second-order valence-corrected chi connectivity index (χ2v) is 4.15. The highest BCUT2D eigenvalue weighted by molar-refractivity contribution is 5.74. The van der Waals surface area contributed by atoms with E-state index in [-0.39, 0.29) is 11.9 Å². The number of pyridine rings is 1. The summed E-state index contributed by atoms with van der Waals surface area (Å²) in [5.41, 5.74) is 0.934. The third-order valence-electron chi connectivity index (χ3n) is 2.03. The van der Waals surface area contributed by atoms with Gasteiger partial charge in [0.05, 0.1) is 5.92 Å². The first-order chi connectivity index (χ1) is 7.00. The molecule has 0 aromatic carbocycles. The number of hydrogen-bond acceptors (Lipinski definition) is 3. The maximum absolute atomic E-state index is 11.4. The van der Waals surface area contributed by atoms with Crippen LogP contribution in [-0.4, -0.2) is 11.0 Å². The summed E-state index contributed by atoms with van der Waals surface area (Å²) < 4.78 is 5.19. The standard InChI is InChI=1S/C12H17NO2/c1-8(2)11-7-10(5-6-13-11)15-12(14)9(3)4/h5-9H,1-4H3. The fraction of sp³-hybridized carbons (Fsp3) is 0.500. The lowest BCUT2D eigenvalue weighted by Crippen LogP contribution is -2.14. The SMILES string of the molecule is CC(C)C(=O)Oc1ccnc(C(C)C)c1. The summed E-state index contributed by atoms with van der Waals surface area (Å²) >= 11 is 0. The van der Waals surface area contributed by atoms with Crippen LogP contribution < -0.4 is 4.74 Å². The first kappa shape index (κ1) is 11.7. The minimum Gasteiger partial charge on any atom is -0.426 e. The zero-order valence-corrected chi connectivity index (χ0v) is 9.65. The highest BCUT2D eigenvalue weighted by Gasteiger charge is 2.10. The predicted octanol–water partition coefficient (Wildman–Crippen LogP) is 2.77. The maximum atomic E-state index is 11.4. The van der Waals surface area contributed by atoms with Crippen molar-refractivity contribution in [2.24, 2.45) is 5.92 Å². The van der Waals surface area contributed by atoms with E-state index in [0.29, 0.717) is 11.7 Å². The summed E-state index contributed by atoms with van der Waals surface area (Å²) in [6.45, 7) is 7.73. The zero-order valence-electron chi connectivity index (χ0n) is 9.65. The van der Waals surface area contributed by atoms with Gasteiger partial charge in [0.2, 0.25) is 0 Å². The molecule has 0 aliphatic carbocycles. The van der Waals surface area contributed by atoms with Crippen LogP contribution in [0.15, 0.2) is 18.3 Å². The van der Waals surface area contributed by atoms with Gasteiger partial charge in [-0.3, -0.25) is 9.78 Å². The molecule has 0 N–H and O–H groups in total. The molecule has 0 unspecified atom stereocenters. The molecule has 0 aliphatic heterocycles. The number of carbonyl (C=O) groups is 1. The second-order valence-electron chi connectivity index (χ2n) is 4.15. The van der Waals surface area contributed by atoms with Gasteiger partial charge in [-0.1, -0.05) is 27.7 Å². The van der Waals surface area contributed by atoms with E-state index < -0.39 is 0 Å². The number of rotatable bonds is 3. The molecule has 82 valence electrons. The van der Waals surface area contributed by atoms with E-state index in [9.17, 15) is 4.79 Å². The Morgan fingerprint density at radius 1 is 1.33 bits per heavy atom. The van der Waals surface area contributed by atoms with E-state index in [2.05, 4.69) is 18.8 Å². The Balaban J connectivity index is 2.78. The van der Waals surface area contributed by atoms with Crippen LogP contribution in [0.25, 0.3) is 0 Å². The van der Waals surface area contributed by atoms with E-state index in [1.807, 2.05) is 19.9 Å². The highest BCUT2D eigenvalue weighted by Crippen LogP contribution is 2.18. The van der Waals surface area contributed by atoms with E-state index in [1.54, 1.807) is 12.3 Å². The molecule has 0 fully saturated rings. The van der Waals surface area contributed by atoms with Gasteiger partial charge < -0.3 is 4.74 Å². The summed E-state index contributed by atoms with van der Waals surface area (Å²) in [6, 6.07) is 3.51. The van der Waals surface area contributed by atoms with Gasteiger partial charge in [-0.05, 0) is 12.0 Å². The molecular formula is C12H17NO2. The van der Waals surface area contributed by atoms with Gasteiger partial charge >= 0.3 is 5.97 Å². The molecule has 1 rings (SSSR count). The Hall–Kier alpha value is -1.38. The first-order valence-corrected chi connectivity index (χ1v) is 5.18. The average molecular weight is 207 g/mol. The van der Waals surface area contributed by atoms with Crippen LogP contribution in [0.1, 0.15) is 39.3 Å². The molecule has 0 atom stereocenters. The van der Waals surface area contributed by atoms with Gasteiger partial charge in [-0.2, -0.15) is 0 Å². The fourth-order valence-corrected chi connectivity index (χ4v) is 1.04. The molecule has 3 nitrogen and oxygen atoms in total. The number of hydrogen-bond donors (Lipinski definition) is 0. The van der Waals surface area contributed by atoms with E-state index in [0.717, 1.165) is 5.69 Å². The van der Waals surface area contributed by atoms with Crippen LogP contribution in [-0.2, 0) is 4.79 Å². The summed E-state index contributed by atoms with van der Waals surface area (Å²) in [7, 11) is 0. The summed E-state index contributed by atoms with van der Waals surface area (Å²) in [6.07, 6.45) is 1.66. The molecule has 15 heavy (non-hydrogen) atoms. The van der Waals surface area contributed by atoms with Crippen molar-refractivity contribution in [2.75, 3.05) is 0 Å². The molecular weight excluding hydrogens is 190 g/mol. The normalized spacial score (nSPS) is 10.8. The van der Waals surface area contributed by atoms with Gasteiger partial charge in [0.15, 0.2) is 0 Å². The van der Waals surface area contributed by atoms with Crippen LogP contribution in [0.4, 0.5) is 0 Å². The highest BCUT2D eigenvalue weighted by atomic mass is 16.5. The molecule has 0 aliphatic rings. The molecule has 0 bridgehead atoms. The first-order valence-electron chi connectivity index (χ1n) is 5.18. The third-order valence-corrected chi connectivity index (χ3v) is 2.03. The monoisotopic (exact) mass is 207 g/mol. The van der Waals surface area contributed by atoms with Crippen molar-refractivity contribution in [3.63, 3.8) is 0 Å². The summed E-state index contributed by atoms with van der Waals surface area (Å²) in [5, 5.41) is 0. The van der Waals surface area contributed by atoms with Crippen LogP contribution in [0.5, 0.6) is 5.75 Å². The minimum atomic E-state index is -0.212. The van der Waals surface area contributed by atoms with Crippen molar-refractivity contribution in [3.8, 4) is 5.75 Å². The molecule has 0 saturated heterocycles. The zero-order chi connectivity index (χ0) is 11.4. The summed E-state index contributed by atoms with van der Waals surface area (Å²) in [4.78, 5) is 15.6. The maximum Gasteiger partial charge on any atom is 0.313 e. The van der Waals surface area contributed by atoms with Crippen LogP contribution in [0, 0.1) is 5.92 Å². The number of esters is 1. The quantitative estimate of drug-likeness (QED) is 0.715. The van der Waals surface area contributed by atoms with Gasteiger partial charge in [0.25, 0.3) is 0 Å². The van der Waals surface area contributed by atoms with Crippen molar-refractivity contribution in [1.82, 2.24) is 4.98 Å². The Morgan fingerprint density at radius 3 is 2.53 bits per heavy atom. The Kier molecular flexibility index (Phi) is 3.83. The Bertz CT molecular complexity index is 345. The van der Waals surface area contributed by atoms with Crippen molar-refractivity contribution < 1.29 is 9.53 Å². The number of carbonyl (C=O) groups excluding carboxylic acids is 1.